The number of nitrogens with zero attached hydrogens (tertiary/aromatic N) is 2. The molecule has 4 nitrogen and oxygen atoms in total. The van der Waals surface area contributed by atoms with E-state index in [1.165, 1.54) is 0 Å². The van der Waals surface area contributed by atoms with E-state index >= 15 is 0 Å². The number of hydrogen-bond acceptors (Lipinski definition) is 3. The molecule has 1 amide bonds. The van der Waals surface area contributed by atoms with Crippen LogP contribution in [0.25, 0.3) is 0 Å². The van der Waals surface area contributed by atoms with Gasteiger partial charge in [0, 0.05) is 38.6 Å². The van der Waals surface area contributed by atoms with Crippen LogP contribution in [0.15, 0.2) is 0 Å². The fourth-order valence-corrected chi connectivity index (χ4v) is 1.51. The summed E-state index contributed by atoms with van der Waals surface area (Å²) in [6.07, 6.45) is 1.53. The summed E-state index contributed by atoms with van der Waals surface area (Å²) in [4.78, 5) is 15.5. The maximum atomic E-state index is 11.7. The number of nitrogens with two attached hydrogens (primary N) is 1. The molecule has 4 heteroatoms. The number of rotatable bonds is 6. The molecule has 0 aliphatic carbocycles. The molecule has 0 rings (SSSR count). The van der Waals surface area contributed by atoms with E-state index in [0.29, 0.717) is 13.0 Å². The van der Waals surface area contributed by atoms with E-state index in [1.54, 1.807) is 19.0 Å². The van der Waals surface area contributed by atoms with Crippen molar-refractivity contribution < 1.29 is 4.79 Å². The van der Waals surface area contributed by atoms with Gasteiger partial charge in [-0.05, 0) is 27.3 Å². The molecule has 1 atom stereocenters. The Morgan fingerprint density at radius 3 is 2.12 bits per heavy atom. The molecule has 0 spiro atoms. The van der Waals surface area contributed by atoms with Crippen molar-refractivity contribution in [1.29, 1.82) is 0 Å². The van der Waals surface area contributed by atoms with Crippen LogP contribution in [-0.4, -0.2) is 55.0 Å². The molecular weight excluding hydrogens is 202 g/mol. The maximum Gasteiger partial charge on any atom is 0.223 e. The number of hydrogen-bond donors (Lipinski definition) is 1. The quantitative estimate of drug-likeness (QED) is 0.736. The lowest BCUT2D eigenvalue weighted by Crippen LogP contribution is -2.51. The summed E-state index contributed by atoms with van der Waals surface area (Å²) in [6, 6.07) is 0.116. The molecule has 0 aliphatic rings. The Labute approximate surface area is 99.8 Å². The molecular formula is C12H27N3O. The van der Waals surface area contributed by atoms with Gasteiger partial charge in [-0.1, -0.05) is 6.92 Å². The molecule has 0 saturated heterocycles. The lowest BCUT2D eigenvalue weighted by atomic mass is 9.96. The first-order valence-corrected chi connectivity index (χ1v) is 5.89. The Balaban J connectivity index is 4.56. The monoisotopic (exact) mass is 229 g/mol. The van der Waals surface area contributed by atoms with Gasteiger partial charge in [0.25, 0.3) is 0 Å². The summed E-state index contributed by atoms with van der Waals surface area (Å²) < 4.78 is 0. The summed E-state index contributed by atoms with van der Waals surface area (Å²) in [5, 5.41) is 0. The summed E-state index contributed by atoms with van der Waals surface area (Å²) in [5.41, 5.74) is 5.84. The van der Waals surface area contributed by atoms with E-state index in [4.69, 9.17) is 5.73 Å². The van der Waals surface area contributed by atoms with Crippen molar-refractivity contribution in [2.45, 2.75) is 45.2 Å². The average molecular weight is 229 g/mol. The minimum atomic E-state index is 0.0800. The van der Waals surface area contributed by atoms with E-state index in [2.05, 4.69) is 25.7 Å². The van der Waals surface area contributed by atoms with Crippen molar-refractivity contribution in [1.82, 2.24) is 9.80 Å². The third-order valence-corrected chi connectivity index (χ3v) is 3.55. The van der Waals surface area contributed by atoms with Gasteiger partial charge >= 0.3 is 0 Å². The zero-order valence-electron chi connectivity index (χ0n) is 11.6. The summed E-state index contributed by atoms with van der Waals surface area (Å²) in [5.74, 6) is 0.134. The fraction of sp³-hybridized carbons (Fsp3) is 0.917. The van der Waals surface area contributed by atoms with Crippen molar-refractivity contribution in [2.24, 2.45) is 5.73 Å². The minimum absolute atomic E-state index is 0.0800. The van der Waals surface area contributed by atoms with Crippen LogP contribution in [0, 0.1) is 0 Å². The fourth-order valence-electron chi connectivity index (χ4n) is 1.51. The Hall–Kier alpha value is -0.610. The van der Waals surface area contributed by atoms with Crippen molar-refractivity contribution in [2.75, 3.05) is 27.7 Å². The van der Waals surface area contributed by atoms with Crippen molar-refractivity contribution in [3.05, 3.63) is 0 Å². The average Bonchev–Trinajstić information content (AvgIpc) is 2.24. The molecule has 1 unspecified atom stereocenters. The molecule has 96 valence electrons. The van der Waals surface area contributed by atoms with Gasteiger partial charge in [-0.2, -0.15) is 0 Å². The second kappa shape index (κ2) is 6.21. The highest BCUT2D eigenvalue weighted by Crippen LogP contribution is 2.20. The predicted molar refractivity (Wildman–Crippen MR) is 68.3 cm³/mol. The van der Waals surface area contributed by atoms with Gasteiger partial charge < -0.3 is 10.6 Å². The number of carbonyl (C=O) groups excluding carboxylic acids is 1. The van der Waals surface area contributed by atoms with Gasteiger partial charge in [0.1, 0.15) is 0 Å². The molecule has 16 heavy (non-hydrogen) atoms. The number of carbonyl (C=O) groups is 1. The predicted octanol–water partition coefficient (Wildman–Crippen LogP) is 0.912. The molecule has 0 fully saturated rings. The van der Waals surface area contributed by atoms with E-state index in [-0.39, 0.29) is 17.5 Å². The van der Waals surface area contributed by atoms with E-state index in [0.717, 1.165) is 6.42 Å². The highest BCUT2D eigenvalue weighted by atomic mass is 16.2. The molecule has 0 heterocycles. The first kappa shape index (κ1) is 15.4. The van der Waals surface area contributed by atoms with Crippen LogP contribution in [0.5, 0.6) is 0 Å². The van der Waals surface area contributed by atoms with Gasteiger partial charge in [-0.3, -0.25) is 9.69 Å². The standard InChI is InChI=1S/C12H27N3O/c1-7-12(2,3)15(6)10(9-13)8-11(16)14(4)5/h10H,7-9,13H2,1-6H3. The van der Waals surface area contributed by atoms with E-state index < -0.39 is 0 Å². The Kier molecular flexibility index (Phi) is 5.97. The summed E-state index contributed by atoms with van der Waals surface area (Å²) in [7, 11) is 5.60. The van der Waals surface area contributed by atoms with Gasteiger partial charge in [-0.15, -0.1) is 0 Å². The topological polar surface area (TPSA) is 49.6 Å². The lowest BCUT2D eigenvalue weighted by Gasteiger charge is -2.40. The second-order valence-electron chi connectivity index (χ2n) is 5.16. The molecule has 2 N–H and O–H groups in total. The van der Waals surface area contributed by atoms with Gasteiger partial charge in [-0.25, -0.2) is 0 Å². The van der Waals surface area contributed by atoms with Crippen molar-refractivity contribution in [3.8, 4) is 0 Å². The maximum absolute atomic E-state index is 11.7. The summed E-state index contributed by atoms with van der Waals surface area (Å²) >= 11 is 0. The minimum Gasteiger partial charge on any atom is -0.349 e. The van der Waals surface area contributed by atoms with Crippen molar-refractivity contribution >= 4 is 5.91 Å². The third kappa shape index (κ3) is 4.10. The third-order valence-electron chi connectivity index (χ3n) is 3.55. The Bertz CT molecular complexity index is 226. The lowest BCUT2D eigenvalue weighted by molar-refractivity contribution is -0.130. The van der Waals surface area contributed by atoms with Crippen LogP contribution in [0.4, 0.5) is 0 Å². The van der Waals surface area contributed by atoms with Gasteiger partial charge in [0.2, 0.25) is 5.91 Å². The van der Waals surface area contributed by atoms with E-state index in [9.17, 15) is 4.79 Å². The smallest absolute Gasteiger partial charge is 0.223 e. The first-order chi connectivity index (χ1) is 7.26. The number of likely N-dealkylation sites (N-methyl/N-ethyl adjacent to an activating group) is 1. The Morgan fingerprint density at radius 1 is 1.31 bits per heavy atom. The van der Waals surface area contributed by atoms with Crippen molar-refractivity contribution in [3.63, 3.8) is 0 Å². The summed E-state index contributed by atoms with van der Waals surface area (Å²) in [6.45, 7) is 7.02. The molecule has 0 bridgehead atoms. The second-order valence-corrected chi connectivity index (χ2v) is 5.16. The van der Waals surface area contributed by atoms with Crippen LogP contribution < -0.4 is 5.73 Å². The largest absolute Gasteiger partial charge is 0.349 e. The van der Waals surface area contributed by atoms with E-state index in [1.807, 2.05) is 7.05 Å². The van der Waals surface area contributed by atoms with Crippen LogP contribution in [0.1, 0.15) is 33.6 Å². The molecule has 0 aromatic carbocycles. The van der Waals surface area contributed by atoms with Crippen LogP contribution >= 0.6 is 0 Å². The van der Waals surface area contributed by atoms with Crippen LogP contribution in [-0.2, 0) is 4.79 Å². The molecule has 0 radical (unpaired) electrons. The normalized spacial score (nSPS) is 14.0. The first-order valence-electron chi connectivity index (χ1n) is 5.89. The zero-order valence-corrected chi connectivity index (χ0v) is 11.6. The number of amides is 1. The molecule has 0 aromatic heterocycles. The van der Waals surface area contributed by atoms with Crippen LogP contribution in [0.3, 0.4) is 0 Å². The Morgan fingerprint density at radius 2 is 1.81 bits per heavy atom. The van der Waals surface area contributed by atoms with Gasteiger partial charge in [0.15, 0.2) is 0 Å². The van der Waals surface area contributed by atoms with Gasteiger partial charge in [0.05, 0.1) is 0 Å². The molecule has 0 aliphatic heterocycles. The highest BCUT2D eigenvalue weighted by molar-refractivity contribution is 5.76. The molecule has 0 saturated carbocycles. The molecule has 0 aromatic rings. The SMILES string of the molecule is CCC(C)(C)N(C)C(CN)CC(=O)N(C)C. The van der Waals surface area contributed by atoms with Crippen LogP contribution in [0.2, 0.25) is 0 Å². The zero-order chi connectivity index (χ0) is 12.9. The highest BCUT2D eigenvalue weighted by Gasteiger charge is 2.28.